The molecule has 0 saturated heterocycles. The Balaban J connectivity index is 2.69. The van der Waals surface area contributed by atoms with Gasteiger partial charge in [-0.3, -0.25) is 4.68 Å². The Hall–Kier alpha value is -1.13. The van der Waals surface area contributed by atoms with E-state index in [0.29, 0.717) is 6.54 Å². The molecule has 0 unspecified atom stereocenters. The van der Waals surface area contributed by atoms with Crippen LogP contribution in [0.4, 0.5) is 0 Å². The van der Waals surface area contributed by atoms with Gasteiger partial charge in [-0.2, -0.15) is 5.10 Å². The fourth-order valence-corrected chi connectivity index (χ4v) is 2.90. The summed E-state index contributed by atoms with van der Waals surface area (Å²) in [6.07, 6.45) is 0. The van der Waals surface area contributed by atoms with Crippen LogP contribution >= 0.6 is 15.9 Å². The number of rotatable bonds is 2. The number of hydrogen-bond acceptors (Lipinski definition) is 2. The summed E-state index contributed by atoms with van der Waals surface area (Å²) in [6.45, 7) is 6.84. The molecule has 0 bridgehead atoms. The Kier molecular flexibility index (Phi) is 3.59. The highest BCUT2D eigenvalue weighted by Crippen LogP contribution is 2.33. The van der Waals surface area contributed by atoms with E-state index in [0.717, 1.165) is 15.9 Å². The normalized spacial score (nSPS) is 11.0. The molecule has 0 aliphatic rings. The van der Waals surface area contributed by atoms with Gasteiger partial charge in [0.1, 0.15) is 0 Å². The molecular formula is C14H18BrN3. The molecule has 4 heteroatoms. The van der Waals surface area contributed by atoms with Crippen molar-refractivity contribution in [3.8, 4) is 11.3 Å². The Morgan fingerprint density at radius 1 is 1.17 bits per heavy atom. The maximum Gasteiger partial charge on any atom is 0.0908 e. The SMILES string of the molecule is Cc1cc(C)c(-c2c(Br)c(CN)nn2C)cc1C. The first-order chi connectivity index (χ1) is 8.45. The third-order valence-corrected chi connectivity index (χ3v) is 4.18. The highest BCUT2D eigenvalue weighted by molar-refractivity contribution is 9.10. The lowest BCUT2D eigenvalue weighted by atomic mass is 9.98. The van der Waals surface area contributed by atoms with E-state index in [9.17, 15) is 0 Å². The van der Waals surface area contributed by atoms with E-state index in [2.05, 4.69) is 53.9 Å². The van der Waals surface area contributed by atoms with Crippen molar-refractivity contribution in [2.75, 3.05) is 0 Å². The number of aryl methyl sites for hydroxylation is 4. The van der Waals surface area contributed by atoms with Crippen molar-refractivity contribution in [2.45, 2.75) is 27.3 Å². The zero-order valence-electron chi connectivity index (χ0n) is 11.2. The summed E-state index contributed by atoms with van der Waals surface area (Å²) in [6, 6.07) is 4.43. The van der Waals surface area contributed by atoms with Crippen LogP contribution in [0.15, 0.2) is 16.6 Å². The molecule has 96 valence electrons. The number of halogens is 1. The minimum absolute atomic E-state index is 0.443. The second-order valence-electron chi connectivity index (χ2n) is 4.69. The maximum atomic E-state index is 5.70. The van der Waals surface area contributed by atoms with Crippen molar-refractivity contribution in [1.29, 1.82) is 0 Å². The van der Waals surface area contributed by atoms with Crippen LogP contribution in [0.3, 0.4) is 0 Å². The molecule has 0 radical (unpaired) electrons. The van der Waals surface area contributed by atoms with Gasteiger partial charge in [0.25, 0.3) is 0 Å². The van der Waals surface area contributed by atoms with Crippen LogP contribution in [0, 0.1) is 20.8 Å². The molecule has 0 fully saturated rings. The third kappa shape index (κ3) is 2.10. The summed E-state index contributed by atoms with van der Waals surface area (Å²) < 4.78 is 2.89. The number of benzene rings is 1. The molecule has 2 rings (SSSR count). The van der Waals surface area contributed by atoms with E-state index in [1.807, 2.05) is 11.7 Å². The molecule has 1 aromatic heterocycles. The van der Waals surface area contributed by atoms with Gasteiger partial charge in [-0.25, -0.2) is 0 Å². The van der Waals surface area contributed by atoms with Crippen molar-refractivity contribution in [1.82, 2.24) is 9.78 Å². The van der Waals surface area contributed by atoms with Gasteiger partial charge in [-0.05, 0) is 59.5 Å². The molecule has 2 N–H and O–H groups in total. The number of hydrogen-bond donors (Lipinski definition) is 1. The zero-order valence-corrected chi connectivity index (χ0v) is 12.8. The standard InChI is InChI=1S/C14H18BrN3/c1-8-5-10(3)11(6-9(8)2)14-13(15)12(7-16)17-18(14)4/h5-6H,7,16H2,1-4H3. The van der Waals surface area contributed by atoms with Gasteiger partial charge < -0.3 is 5.73 Å². The lowest BCUT2D eigenvalue weighted by Gasteiger charge is -2.10. The molecule has 1 aromatic carbocycles. The Bertz CT molecular complexity index is 600. The monoisotopic (exact) mass is 307 g/mol. The van der Waals surface area contributed by atoms with Gasteiger partial charge in [-0.15, -0.1) is 0 Å². The molecular weight excluding hydrogens is 290 g/mol. The van der Waals surface area contributed by atoms with Gasteiger partial charge in [0.05, 0.1) is 15.9 Å². The number of nitrogens with zero attached hydrogens (tertiary/aromatic N) is 2. The fraction of sp³-hybridized carbons (Fsp3) is 0.357. The predicted molar refractivity (Wildman–Crippen MR) is 78.4 cm³/mol. The Morgan fingerprint density at radius 3 is 2.33 bits per heavy atom. The van der Waals surface area contributed by atoms with Crippen LogP contribution in [0.2, 0.25) is 0 Å². The van der Waals surface area contributed by atoms with E-state index in [1.54, 1.807) is 0 Å². The second kappa shape index (κ2) is 4.86. The molecule has 2 aromatic rings. The summed E-state index contributed by atoms with van der Waals surface area (Å²) in [5.41, 5.74) is 12.8. The summed E-state index contributed by atoms with van der Waals surface area (Å²) in [5, 5.41) is 4.44. The molecule has 0 spiro atoms. The summed E-state index contributed by atoms with van der Waals surface area (Å²) in [7, 11) is 1.95. The zero-order chi connectivity index (χ0) is 13.4. The van der Waals surface area contributed by atoms with Gasteiger partial charge in [-0.1, -0.05) is 6.07 Å². The topological polar surface area (TPSA) is 43.8 Å². The maximum absolute atomic E-state index is 5.70. The lowest BCUT2D eigenvalue weighted by molar-refractivity contribution is 0.749. The Morgan fingerprint density at radius 2 is 1.78 bits per heavy atom. The average molecular weight is 308 g/mol. The number of nitrogens with two attached hydrogens (primary N) is 1. The largest absolute Gasteiger partial charge is 0.325 e. The first-order valence-electron chi connectivity index (χ1n) is 5.95. The van der Waals surface area contributed by atoms with Crippen LogP contribution in [-0.2, 0) is 13.6 Å². The Labute approximate surface area is 116 Å². The second-order valence-corrected chi connectivity index (χ2v) is 5.48. The quantitative estimate of drug-likeness (QED) is 0.925. The van der Waals surface area contributed by atoms with Gasteiger partial charge in [0.15, 0.2) is 0 Å². The first kappa shape index (κ1) is 13.3. The van der Waals surface area contributed by atoms with Crippen molar-refractivity contribution >= 4 is 15.9 Å². The molecule has 18 heavy (non-hydrogen) atoms. The smallest absolute Gasteiger partial charge is 0.0908 e. The van der Waals surface area contributed by atoms with Crippen molar-refractivity contribution in [3.63, 3.8) is 0 Å². The molecule has 0 aliphatic heterocycles. The summed E-state index contributed by atoms with van der Waals surface area (Å²) in [4.78, 5) is 0. The van der Waals surface area contributed by atoms with E-state index < -0.39 is 0 Å². The fourth-order valence-electron chi connectivity index (χ4n) is 2.19. The summed E-state index contributed by atoms with van der Waals surface area (Å²) in [5.74, 6) is 0. The lowest BCUT2D eigenvalue weighted by Crippen LogP contribution is -1.99. The van der Waals surface area contributed by atoms with E-state index >= 15 is 0 Å². The predicted octanol–water partition coefficient (Wildman–Crippen LogP) is 3.23. The molecule has 0 aliphatic carbocycles. The van der Waals surface area contributed by atoms with E-state index in [-0.39, 0.29) is 0 Å². The van der Waals surface area contributed by atoms with Crippen LogP contribution in [0.5, 0.6) is 0 Å². The highest BCUT2D eigenvalue weighted by Gasteiger charge is 2.16. The van der Waals surface area contributed by atoms with Crippen LogP contribution in [-0.4, -0.2) is 9.78 Å². The molecule has 1 heterocycles. The minimum Gasteiger partial charge on any atom is -0.325 e. The van der Waals surface area contributed by atoms with Crippen LogP contribution in [0.25, 0.3) is 11.3 Å². The van der Waals surface area contributed by atoms with E-state index in [4.69, 9.17) is 5.73 Å². The van der Waals surface area contributed by atoms with Crippen molar-refractivity contribution < 1.29 is 0 Å². The van der Waals surface area contributed by atoms with E-state index in [1.165, 1.54) is 22.3 Å². The first-order valence-corrected chi connectivity index (χ1v) is 6.74. The van der Waals surface area contributed by atoms with Crippen molar-refractivity contribution in [3.05, 3.63) is 39.0 Å². The van der Waals surface area contributed by atoms with Gasteiger partial charge in [0, 0.05) is 19.2 Å². The van der Waals surface area contributed by atoms with Crippen molar-refractivity contribution in [2.24, 2.45) is 12.8 Å². The average Bonchev–Trinajstić information content (AvgIpc) is 2.59. The molecule has 0 saturated carbocycles. The summed E-state index contributed by atoms with van der Waals surface area (Å²) >= 11 is 3.61. The van der Waals surface area contributed by atoms with Crippen LogP contribution in [0.1, 0.15) is 22.4 Å². The number of aromatic nitrogens is 2. The minimum atomic E-state index is 0.443. The molecule has 3 nitrogen and oxygen atoms in total. The van der Waals surface area contributed by atoms with Crippen LogP contribution < -0.4 is 5.73 Å². The van der Waals surface area contributed by atoms with Gasteiger partial charge in [0.2, 0.25) is 0 Å². The molecule has 0 atom stereocenters. The molecule has 0 amide bonds. The highest BCUT2D eigenvalue weighted by atomic mass is 79.9. The third-order valence-electron chi connectivity index (χ3n) is 3.34. The van der Waals surface area contributed by atoms with Gasteiger partial charge >= 0.3 is 0 Å².